The lowest BCUT2D eigenvalue weighted by molar-refractivity contribution is -0.957. The maximum atomic E-state index is 12.0. The van der Waals surface area contributed by atoms with Crippen LogP contribution in [0.25, 0.3) is 0 Å². The van der Waals surface area contributed by atoms with Crippen molar-refractivity contribution in [1.82, 2.24) is 10.6 Å². The Morgan fingerprint density at radius 2 is 1.65 bits per heavy atom. The molecule has 0 spiro atoms. The minimum atomic E-state index is -0.392. The maximum absolute atomic E-state index is 12.0. The Morgan fingerprint density at radius 3 is 2.30 bits per heavy atom. The van der Waals surface area contributed by atoms with Crippen molar-refractivity contribution in [3.63, 3.8) is 0 Å². The van der Waals surface area contributed by atoms with E-state index in [9.17, 15) is 9.59 Å². The molecule has 0 radical (unpaired) electrons. The molecular weight excluding hydrogens is 294 g/mol. The molecule has 0 unspecified atom stereocenters. The van der Waals surface area contributed by atoms with Gasteiger partial charge in [-0.05, 0) is 39.0 Å². The van der Waals surface area contributed by atoms with Gasteiger partial charge in [-0.3, -0.25) is 4.79 Å². The molecule has 23 heavy (non-hydrogen) atoms. The lowest BCUT2D eigenvalue weighted by Gasteiger charge is -2.45. The first-order valence-electron chi connectivity index (χ1n) is 9.19. The minimum Gasteiger partial charge on any atom is -0.465 e. The first-order chi connectivity index (χ1) is 11.2. The topological polar surface area (TPSA) is 71.9 Å². The zero-order valence-electron chi connectivity index (χ0n) is 14.4. The molecule has 6 heteroatoms. The largest absolute Gasteiger partial charge is 0.465 e. The molecule has 0 atom stereocenters. The summed E-state index contributed by atoms with van der Waals surface area (Å²) in [5.74, 6) is -0.392. The van der Waals surface area contributed by atoms with Gasteiger partial charge < -0.3 is 20.3 Å². The summed E-state index contributed by atoms with van der Waals surface area (Å²) < 4.78 is 4.82. The Morgan fingerprint density at radius 1 is 1.00 bits per heavy atom. The highest BCUT2D eigenvalue weighted by Gasteiger charge is 2.42. The van der Waals surface area contributed by atoms with Crippen LogP contribution in [0.5, 0.6) is 0 Å². The number of carbonyl (C=O) groups is 2. The summed E-state index contributed by atoms with van der Waals surface area (Å²) in [5, 5.41) is 5.60. The van der Waals surface area contributed by atoms with Crippen molar-refractivity contribution >= 4 is 12.0 Å². The van der Waals surface area contributed by atoms with Crippen molar-refractivity contribution in [3.05, 3.63) is 0 Å². The van der Waals surface area contributed by atoms with Crippen molar-refractivity contribution < 1.29 is 19.2 Å². The predicted octanol–water partition coefficient (Wildman–Crippen LogP) is 0.620. The number of urea groups is 1. The molecule has 3 N–H and O–H groups in total. The van der Waals surface area contributed by atoms with Gasteiger partial charge in [-0.25, -0.2) is 4.79 Å². The zero-order chi connectivity index (χ0) is 16.5. The van der Waals surface area contributed by atoms with Gasteiger partial charge in [0.05, 0.1) is 26.2 Å². The van der Waals surface area contributed by atoms with Gasteiger partial charge in [0.15, 0.2) is 0 Å². The van der Waals surface area contributed by atoms with Crippen molar-refractivity contribution in [2.24, 2.45) is 0 Å². The molecule has 2 fully saturated rings. The number of carbonyl (C=O) groups excluding carboxylic acids is 2. The summed E-state index contributed by atoms with van der Waals surface area (Å²) in [4.78, 5) is 25.0. The SMILES string of the molecule is CCOC(=O)CNC(=O)NCC1([NH+]2CCCCC2)CCCCC1. The number of piperidine rings is 1. The van der Waals surface area contributed by atoms with Crippen molar-refractivity contribution in [2.45, 2.75) is 63.8 Å². The molecule has 0 aromatic rings. The van der Waals surface area contributed by atoms with Gasteiger partial charge in [0.1, 0.15) is 12.1 Å². The van der Waals surface area contributed by atoms with Gasteiger partial charge >= 0.3 is 12.0 Å². The van der Waals surface area contributed by atoms with Crippen LogP contribution in [0.1, 0.15) is 58.3 Å². The minimum absolute atomic E-state index is 0.0662. The molecule has 1 aliphatic heterocycles. The fraction of sp³-hybridized carbons (Fsp3) is 0.882. The number of amides is 2. The second-order valence-corrected chi connectivity index (χ2v) is 6.85. The number of quaternary nitrogens is 1. The molecule has 6 nitrogen and oxygen atoms in total. The lowest BCUT2D eigenvalue weighted by Crippen LogP contribution is -3.22. The average molecular weight is 326 g/mol. The van der Waals surface area contributed by atoms with Gasteiger partial charge in [0.2, 0.25) is 0 Å². The van der Waals surface area contributed by atoms with Gasteiger partial charge in [-0.2, -0.15) is 0 Å². The summed E-state index contributed by atoms with van der Waals surface area (Å²) in [5.41, 5.74) is 0.194. The van der Waals surface area contributed by atoms with E-state index >= 15 is 0 Å². The molecule has 1 aliphatic carbocycles. The van der Waals surface area contributed by atoms with E-state index in [4.69, 9.17) is 4.74 Å². The monoisotopic (exact) mass is 326 g/mol. The maximum Gasteiger partial charge on any atom is 0.325 e. The standard InChI is InChI=1S/C17H31N3O3/c1-2-23-15(21)13-18-16(22)19-14-17(9-5-3-6-10-17)20-11-7-4-8-12-20/h2-14H2,1H3,(H2,18,19,22)/p+1. The van der Waals surface area contributed by atoms with E-state index in [0.29, 0.717) is 13.2 Å². The zero-order valence-corrected chi connectivity index (χ0v) is 14.4. The quantitative estimate of drug-likeness (QED) is 0.627. The number of nitrogens with one attached hydrogen (secondary N) is 3. The number of likely N-dealkylation sites (tertiary alicyclic amines) is 1. The van der Waals surface area contributed by atoms with Gasteiger partial charge in [-0.1, -0.05) is 6.42 Å². The summed E-state index contributed by atoms with van der Waals surface area (Å²) in [6.07, 6.45) is 10.2. The molecule has 132 valence electrons. The van der Waals surface area contributed by atoms with E-state index in [-0.39, 0.29) is 18.1 Å². The summed E-state index contributed by atoms with van der Waals surface area (Å²) in [6.45, 7) is 5.19. The highest BCUT2D eigenvalue weighted by Crippen LogP contribution is 2.26. The molecular formula is C17H32N3O3+. The van der Waals surface area contributed by atoms with E-state index in [0.717, 1.165) is 0 Å². The fourth-order valence-corrected chi connectivity index (χ4v) is 4.07. The van der Waals surface area contributed by atoms with Gasteiger partial charge in [0, 0.05) is 12.8 Å². The van der Waals surface area contributed by atoms with Crippen LogP contribution in [0.2, 0.25) is 0 Å². The molecule has 1 heterocycles. The summed E-state index contributed by atoms with van der Waals surface area (Å²) in [7, 11) is 0. The van der Waals surface area contributed by atoms with Crippen LogP contribution in [0.15, 0.2) is 0 Å². The van der Waals surface area contributed by atoms with Crippen LogP contribution in [-0.2, 0) is 9.53 Å². The van der Waals surface area contributed by atoms with Crippen molar-refractivity contribution in [3.8, 4) is 0 Å². The van der Waals surface area contributed by atoms with Crippen molar-refractivity contribution in [1.29, 1.82) is 0 Å². The van der Waals surface area contributed by atoms with E-state index in [1.807, 2.05) is 0 Å². The Bertz CT molecular complexity index is 389. The van der Waals surface area contributed by atoms with Crippen LogP contribution < -0.4 is 15.5 Å². The van der Waals surface area contributed by atoms with Gasteiger partial charge in [0.25, 0.3) is 0 Å². The molecule has 2 amide bonds. The van der Waals surface area contributed by atoms with Crippen LogP contribution in [0, 0.1) is 0 Å². The third-order valence-electron chi connectivity index (χ3n) is 5.30. The smallest absolute Gasteiger partial charge is 0.325 e. The second-order valence-electron chi connectivity index (χ2n) is 6.85. The second kappa shape index (κ2) is 9.11. The van der Waals surface area contributed by atoms with E-state index in [1.165, 1.54) is 64.5 Å². The summed E-state index contributed by atoms with van der Waals surface area (Å²) >= 11 is 0. The third-order valence-corrected chi connectivity index (χ3v) is 5.30. The Kier molecular flexibility index (Phi) is 7.15. The molecule has 0 aromatic heterocycles. The van der Waals surface area contributed by atoms with Crippen LogP contribution in [0.4, 0.5) is 4.79 Å². The predicted molar refractivity (Wildman–Crippen MR) is 88.4 cm³/mol. The van der Waals surface area contributed by atoms with Crippen LogP contribution in [-0.4, -0.2) is 50.3 Å². The molecule has 0 bridgehead atoms. The third kappa shape index (κ3) is 5.37. The Labute approximate surface area is 139 Å². The molecule has 2 rings (SSSR count). The van der Waals surface area contributed by atoms with Gasteiger partial charge in [-0.15, -0.1) is 0 Å². The van der Waals surface area contributed by atoms with E-state index in [2.05, 4.69) is 10.6 Å². The summed E-state index contributed by atoms with van der Waals surface area (Å²) in [6, 6.07) is -0.264. The molecule has 2 aliphatic rings. The van der Waals surface area contributed by atoms with Crippen molar-refractivity contribution in [2.75, 3.05) is 32.8 Å². The number of esters is 1. The highest BCUT2D eigenvalue weighted by atomic mass is 16.5. The number of rotatable bonds is 6. The lowest BCUT2D eigenvalue weighted by atomic mass is 9.79. The molecule has 1 saturated carbocycles. The molecule has 0 aromatic carbocycles. The fourth-order valence-electron chi connectivity index (χ4n) is 4.07. The first-order valence-corrected chi connectivity index (χ1v) is 9.19. The van der Waals surface area contributed by atoms with E-state index < -0.39 is 5.97 Å². The average Bonchev–Trinajstić information content (AvgIpc) is 2.60. The normalized spacial score (nSPS) is 21.4. The number of ether oxygens (including phenoxy) is 1. The Hall–Kier alpha value is -1.30. The Balaban J connectivity index is 1.83. The number of hydrogen-bond donors (Lipinski definition) is 3. The van der Waals surface area contributed by atoms with Crippen LogP contribution in [0.3, 0.4) is 0 Å². The first kappa shape index (κ1) is 18.0. The van der Waals surface area contributed by atoms with Crippen LogP contribution >= 0.6 is 0 Å². The number of hydrogen-bond acceptors (Lipinski definition) is 3. The van der Waals surface area contributed by atoms with E-state index in [1.54, 1.807) is 11.8 Å². The molecule has 1 saturated heterocycles. The highest BCUT2D eigenvalue weighted by molar-refractivity contribution is 5.80.